The summed E-state index contributed by atoms with van der Waals surface area (Å²) in [5.41, 5.74) is 6.52. The molecule has 0 bridgehead atoms. The average Bonchev–Trinajstić information content (AvgIpc) is 3.03. The molecular formula is C21H22BrN3O5. The summed E-state index contributed by atoms with van der Waals surface area (Å²) in [4.78, 5) is 38.4. The number of carbonyl (C=O) groups is 3. The lowest BCUT2D eigenvalue weighted by atomic mass is 10.1. The first kappa shape index (κ1) is 21.8. The summed E-state index contributed by atoms with van der Waals surface area (Å²) < 4.78 is 11.1. The molecule has 0 aliphatic carbocycles. The van der Waals surface area contributed by atoms with Gasteiger partial charge in [-0.05, 0) is 52.2 Å². The van der Waals surface area contributed by atoms with Gasteiger partial charge >= 0.3 is 0 Å². The van der Waals surface area contributed by atoms with Crippen LogP contribution in [0.25, 0.3) is 0 Å². The maximum Gasteiger partial charge on any atom is 0.266 e. The standard InChI is InChI=1S/C21H22BrN3O5/c1-29-17-8-7-13(11-18(17)30-2)9-10-25-19(26)12-16(21(25)28)23-24-20(27)14-5-3-4-6-15(14)22/h3-8,11,16,23H,9-10,12H2,1-2H3,(H,24,27)/t16-/m1/s1. The van der Waals surface area contributed by atoms with E-state index in [-0.39, 0.29) is 24.8 Å². The molecule has 2 N–H and O–H groups in total. The highest BCUT2D eigenvalue weighted by Gasteiger charge is 2.38. The van der Waals surface area contributed by atoms with E-state index >= 15 is 0 Å². The van der Waals surface area contributed by atoms with Crippen LogP contribution in [0.2, 0.25) is 0 Å². The Morgan fingerprint density at radius 3 is 2.57 bits per heavy atom. The molecule has 2 aromatic carbocycles. The smallest absolute Gasteiger partial charge is 0.266 e. The Kier molecular flexibility index (Phi) is 7.07. The Bertz CT molecular complexity index is 965. The Morgan fingerprint density at radius 1 is 1.13 bits per heavy atom. The summed E-state index contributed by atoms with van der Waals surface area (Å²) in [7, 11) is 3.11. The van der Waals surface area contributed by atoms with Gasteiger partial charge in [0.05, 0.1) is 26.2 Å². The van der Waals surface area contributed by atoms with Gasteiger partial charge in [-0.2, -0.15) is 0 Å². The van der Waals surface area contributed by atoms with Gasteiger partial charge in [-0.1, -0.05) is 18.2 Å². The summed E-state index contributed by atoms with van der Waals surface area (Å²) in [5, 5.41) is 0. The average molecular weight is 476 g/mol. The number of nitrogens with zero attached hydrogens (tertiary/aromatic N) is 1. The first-order valence-corrected chi connectivity index (χ1v) is 10.1. The second-order valence-electron chi connectivity index (χ2n) is 6.66. The highest BCUT2D eigenvalue weighted by molar-refractivity contribution is 9.10. The molecule has 1 saturated heterocycles. The molecule has 1 fully saturated rings. The topological polar surface area (TPSA) is 97.0 Å². The fraction of sp³-hybridized carbons (Fsp3) is 0.286. The van der Waals surface area contributed by atoms with Crippen LogP contribution >= 0.6 is 15.9 Å². The van der Waals surface area contributed by atoms with E-state index in [2.05, 4.69) is 26.8 Å². The molecule has 1 heterocycles. The predicted octanol–water partition coefficient (Wildman–Crippen LogP) is 2.07. The van der Waals surface area contributed by atoms with E-state index in [4.69, 9.17) is 9.47 Å². The summed E-state index contributed by atoms with van der Waals surface area (Å²) in [5.74, 6) is 0.149. The molecule has 0 spiro atoms. The van der Waals surface area contributed by atoms with E-state index in [0.717, 1.165) is 5.56 Å². The molecule has 0 unspecified atom stereocenters. The van der Waals surface area contributed by atoms with Crippen LogP contribution in [0.1, 0.15) is 22.3 Å². The minimum absolute atomic E-state index is 0.0129. The van der Waals surface area contributed by atoms with Crippen molar-refractivity contribution in [2.45, 2.75) is 18.9 Å². The molecular weight excluding hydrogens is 454 g/mol. The van der Waals surface area contributed by atoms with Crippen LogP contribution in [0.3, 0.4) is 0 Å². The normalized spacial score (nSPS) is 16.0. The number of ether oxygens (including phenoxy) is 2. The molecule has 2 aromatic rings. The van der Waals surface area contributed by atoms with Gasteiger partial charge in [0.25, 0.3) is 5.91 Å². The van der Waals surface area contributed by atoms with Crippen molar-refractivity contribution in [2.24, 2.45) is 0 Å². The van der Waals surface area contributed by atoms with Crippen molar-refractivity contribution in [3.05, 3.63) is 58.1 Å². The van der Waals surface area contributed by atoms with E-state index in [0.29, 0.717) is 28.0 Å². The number of benzene rings is 2. The van der Waals surface area contributed by atoms with Crippen LogP contribution in [0.5, 0.6) is 11.5 Å². The maximum atomic E-state index is 12.6. The molecule has 0 saturated carbocycles. The molecule has 9 heteroatoms. The molecule has 30 heavy (non-hydrogen) atoms. The van der Waals surface area contributed by atoms with E-state index in [1.54, 1.807) is 44.6 Å². The van der Waals surface area contributed by atoms with Crippen LogP contribution in [-0.4, -0.2) is 49.4 Å². The number of methoxy groups -OCH3 is 2. The number of rotatable bonds is 8. The lowest BCUT2D eigenvalue weighted by molar-refractivity contribution is -0.138. The zero-order valence-electron chi connectivity index (χ0n) is 16.6. The van der Waals surface area contributed by atoms with Crippen molar-refractivity contribution in [2.75, 3.05) is 20.8 Å². The highest BCUT2D eigenvalue weighted by atomic mass is 79.9. The SMILES string of the molecule is COc1ccc(CCN2C(=O)C[C@@H](NNC(=O)c3ccccc3Br)C2=O)cc1OC. The van der Waals surface area contributed by atoms with E-state index in [9.17, 15) is 14.4 Å². The molecule has 158 valence electrons. The number of hydrogen-bond donors (Lipinski definition) is 2. The zero-order valence-corrected chi connectivity index (χ0v) is 18.2. The number of imide groups is 1. The van der Waals surface area contributed by atoms with E-state index < -0.39 is 11.9 Å². The molecule has 3 amide bonds. The van der Waals surface area contributed by atoms with Gasteiger partial charge in [-0.25, -0.2) is 5.43 Å². The van der Waals surface area contributed by atoms with Crippen molar-refractivity contribution in [1.82, 2.24) is 15.8 Å². The molecule has 1 atom stereocenters. The number of hydrazine groups is 1. The van der Waals surface area contributed by atoms with Crippen LogP contribution < -0.4 is 20.3 Å². The fourth-order valence-corrected chi connectivity index (χ4v) is 3.64. The van der Waals surface area contributed by atoms with Crippen molar-refractivity contribution in [1.29, 1.82) is 0 Å². The summed E-state index contributed by atoms with van der Waals surface area (Å²) >= 11 is 3.31. The Balaban J connectivity index is 1.57. The maximum absolute atomic E-state index is 12.6. The number of nitrogens with one attached hydrogen (secondary N) is 2. The lowest BCUT2D eigenvalue weighted by Gasteiger charge is -2.16. The molecule has 0 radical (unpaired) electrons. The van der Waals surface area contributed by atoms with E-state index in [1.807, 2.05) is 12.1 Å². The highest BCUT2D eigenvalue weighted by Crippen LogP contribution is 2.28. The number of carbonyl (C=O) groups excluding carboxylic acids is 3. The second kappa shape index (κ2) is 9.73. The van der Waals surface area contributed by atoms with Crippen molar-refractivity contribution in [3.63, 3.8) is 0 Å². The van der Waals surface area contributed by atoms with Gasteiger partial charge < -0.3 is 9.47 Å². The number of hydrogen-bond acceptors (Lipinski definition) is 6. The van der Waals surface area contributed by atoms with Crippen LogP contribution in [0.15, 0.2) is 46.9 Å². The molecule has 1 aliphatic rings. The third kappa shape index (κ3) is 4.80. The monoisotopic (exact) mass is 475 g/mol. The lowest BCUT2D eigenvalue weighted by Crippen LogP contribution is -2.48. The van der Waals surface area contributed by atoms with Gasteiger partial charge in [0, 0.05) is 11.0 Å². The summed E-state index contributed by atoms with van der Waals surface area (Å²) in [6.45, 7) is 0.240. The van der Waals surface area contributed by atoms with Crippen LogP contribution in [0, 0.1) is 0 Å². The Labute approximate surface area is 182 Å². The zero-order chi connectivity index (χ0) is 21.7. The van der Waals surface area contributed by atoms with Gasteiger partial charge in [0.1, 0.15) is 6.04 Å². The molecule has 1 aliphatic heterocycles. The Hall–Kier alpha value is -2.91. The quantitative estimate of drug-likeness (QED) is 0.448. The first-order chi connectivity index (χ1) is 14.4. The fourth-order valence-electron chi connectivity index (χ4n) is 3.17. The van der Waals surface area contributed by atoms with Gasteiger partial charge in [0.15, 0.2) is 11.5 Å². The summed E-state index contributed by atoms with van der Waals surface area (Å²) in [6.07, 6.45) is 0.467. The minimum atomic E-state index is -0.797. The largest absolute Gasteiger partial charge is 0.493 e. The van der Waals surface area contributed by atoms with Gasteiger partial charge in [-0.15, -0.1) is 0 Å². The Morgan fingerprint density at radius 2 is 1.87 bits per heavy atom. The number of likely N-dealkylation sites (tertiary alicyclic amines) is 1. The van der Waals surface area contributed by atoms with Gasteiger partial charge in [-0.3, -0.25) is 24.7 Å². The molecule has 8 nitrogen and oxygen atoms in total. The third-order valence-electron chi connectivity index (χ3n) is 4.79. The van der Waals surface area contributed by atoms with Crippen molar-refractivity contribution in [3.8, 4) is 11.5 Å². The van der Waals surface area contributed by atoms with Gasteiger partial charge in [0.2, 0.25) is 11.8 Å². The van der Waals surface area contributed by atoms with Crippen molar-refractivity contribution >= 4 is 33.7 Å². The number of amides is 3. The first-order valence-electron chi connectivity index (χ1n) is 9.30. The second-order valence-corrected chi connectivity index (χ2v) is 7.51. The molecule has 3 rings (SSSR count). The minimum Gasteiger partial charge on any atom is -0.493 e. The van der Waals surface area contributed by atoms with Crippen LogP contribution in [0.4, 0.5) is 0 Å². The molecule has 0 aromatic heterocycles. The van der Waals surface area contributed by atoms with E-state index in [1.165, 1.54) is 4.90 Å². The van der Waals surface area contributed by atoms with Crippen molar-refractivity contribution < 1.29 is 23.9 Å². The third-order valence-corrected chi connectivity index (χ3v) is 5.49. The summed E-state index contributed by atoms with van der Waals surface area (Å²) in [6, 6.07) is 11.6. The van der Waals surface area contributed by atoms with Crippen LogP contribution in [-0.2, 0) is 16.0 Å². The predicted molar refractivity (Wildman–Crippen MR) is 113 cm³/mol. The number of halogens is 1.